The molecule has 0 saturated heterocycles. The molecule has 1 heterocycles. The van der Waals surface area contributed by atoms with Crippen molar-refractivity contribution in [1.29, 1.82) is 0 Å². The lowest BCUT2D eigenvalue weighted by atomic mass is 9.98. The van der Waals surface area contributed by atoms with Gasteiger partial charge in [0.1, 0.15) is 5.01 Å². The van der Waals surface area contributed by atoms with Crippen LogP contribution >= 0.6 is 11.3 Å². The van der Waals surface area contributed by atoms with Crippen LogP contribution in [0.2, 0.25) is 0 Å². The molecule has 2 nitrogen and oxygen atoms in total. The molecule has 0 amide bonds. The first-order valence-corrected chi connectivity index (χ1v) is 10.1. The largest absolute Gasteiger partial charge is 0.378 e. The van der Waals surface area contributed by atoms with Crippen molar-refractivity contribution in [3.63, 3.8) is 0 Å². The molecule has 0 aliphatic heterocycles. The monoisotopic (exact) mass is 382 g/mol. The lowest BCUT2D eigenvalue weighted by Crippen LogP contribution is -2.07. The van der Waals surface area contributed by atoms with E-state index in [0.29, 0.717) is 0 Å². The zero-order chi connectivity index (χ0) is 19.3. The summed E-state index contributed by atoms with van der Waals surface area (Å²) in [7, 11) is 4.10. The Hall–Kier alpha value is -3.17. The Kier molecular flexibility index (Phi) is 5.36. The van der Waals surface area contributed by atoms with E-state index in [2.05, 4.69) is 109 Å². The van der Waals surface area contributed by atoms with Crippen molar-refractivity contribution in [2.24, 2.45) is 0 Å². The Morgan fingerprint density at radius 1 is 0.750 bits per heavy atom. The molecule has 0 N–H and O–H groups in total. The van der Waals surface area contributed by atoms with Gasteiger partial charge in [0.15, 0.2) is 0 Å². The van der Waals surface area contributed by atoms with Crippen LogP contribution in [-0.2, 0) is 0 Å². The number of benzene rings is 3. The maximum Gasteiger partial charge on any atom is 0.116 e. The second-order valence-electron chi connectivity index (χ2n) is 6.80. The smallest absolute Gasteiger partial charge is 0.116 e. The molecule has 1 aromatic heterocycles. The number of hydrogen-bond acceptors (Lipinski definition) is 3. The minimum absolute atomic E-state index is 1.01. The minimum atomic E-state index is 1.01. The summed E-state index contributed by atoms with van der Waals surface area (Å²) < 4.78 is 0. The normalized spacial score (nSPS) is 11.1. The van der Waals surface area contributed by atoms with E-state index < -0.39 is 0 Å². The highest BCUT2D eigenvalue weighted by molar-refractivity contribution is 7.10. The van der Waals surface area contributed by atoms with Gasteiger partial charge in [-0.3, -0.25) is 0 Å². The SMILES string of the molecule is CN(C)c1ccc(C=Cc2nc(-c3ccccc3-c3ccccc3)cs2)cc1. The summed E-state index contributed by atoms with van der Waals surface area (Å²) in [6, 6.07) is 27.4. The van der Waals surface area contributed by atoms with E-state index in [4.69, 9.17) is 4.98 Å². The average Bonchev–Trinajstić information content (AvgIpc) is 3.22. The van der Waals surface area contributed by atoms with Crippen LogP contribution in [0.25, 0.3) is 34.5 Å². The summed E-state index contributed by atoms with van der Waals surface area (Å²) in [6.45, 7) is 0. The van der Waals surface area contributed by atoms with E-state index in [1.54, 1.807) is 11.3 Å². The molecule has 0 bridgehead atoms. The third kappa shape index (κ3) is 4.05. The Morgan fingerprint density at radius 2 is 1.43 bits per heavy atom. The van der Waals surface area contributed by atoms with Crippen LogP contribution in [0.5, 0.6) is 0 Å². The van der Waals surface area contributed by atoms with Crippen molar-refractivity contribution in [1.82, 2.24) is 4.98 Å². The van der Waals surface area contributed by atoms with Gasteiger partial charge >= 0.3 is 0 Å². The number of thiazole rings is 1. The molecule has 0 aliphatic rings. The van der Waals surface area contributed by atoms with E-state index in [9.17, 15) is 0 Å². The van der Waals surface area contributed by atoms with Crippen molar-refractivity contribution in [3.05, 3.63) is 94.8 Å². The van der Waals surface area contributed by atoms with Crippen LogP contribution in [0, 0.1) is 0 Å². The van der Waals surface area contributed by atoms with Gasteiger partial charge in [-0.15, -0.1) is 11.3 Å². The standard InChI is InChI=1S/C25H22N2S/c1-27(2)21-15-12-19(13-16-21)14-17-25-26-24(18-28-25)23-11-7-6-10-22(23)20-8-4-3-5-9-20/h3-18H,1-2H3. The third-order valence-corrected chi connectivity index (χ3v) is 5.45. The van der Waals surface area contributed by atoms with Crippen molar-refractivity contribution in [3.8, 4) is 22.4 Å². The number of aromatic nitrogens is 1. The molecule has 4 aromatic rings. The molecular weight excluding hydrogens is 360 g/mol. The minimum Gasteiger partial charge on any atom is -0.378 e. The van der Waals surface area contributed by atoms with Crippen molar-refractivity contribution < 1.29 is 0 Å². The number of nitrogens with zero attached hydrogens (tertiary/aromatic N) is 2. The van der Waals surface area contributed by atoms with Crippen LogP contribution in [0.1, 0.15) is 10.6 Å². The summed E-state index contributed by atoms with van der Waals surface area (Å²) in [4.78, 5) is 6.95. The van der Waals surface area contributed by atoms with Crippen LogP contribution < -0.4 is 4.90 Å². The van der Waals surface area contributed by atoms with Gasteiger partial charge in [-0.2, -0.15) is 0 Å². The molecule has 0 saturated carbocycles. The molecule has 3 heteroatoms. The summed E-state index contributed by atoms with van der Waals surface area (Å²) >= 11 is 1.67. The van der Waals surface area contributed by atoms with E-state index in [-0.39, 0.29) is 0 Å². The highest BCUT2D eigenvalue weighted by atomic mass is 32.1. The molecule has 0 aliphatic carbocycles. The van der Waals surface area contributed by atoms with Crippen molar-refractivity contribution in [2.75, 3.05) is 19.0 Å². The van der Waals surface area contributed by atoms with E-state index in [0.717, 1.165) is 10.7 Å². The lowest BCUT2D eigenvalue weighted by Gasteiger charge is -2.11. The number of hydrogen-bond donors (Lipinski definition) is 0. The van der Waals surface area contributed by atoms with Crippen LogP contribution in [0.15, 0.2) is 84.2 Å². The fourth-order valence-electron chi connectivity index (χ4n) is 3.11. The van der Waals surface area contributed by atoms with E-state index in [1.165, 1.54) is 27.9 Å². The second-order valence-corrected chi connectivity index (χ2v) is 7.69. The highest BCUT2D eigenvalue weighted by Gasteiger charge is 2.09. The lowest BCUT2D eigenvalue weighted by molar-refractivity contribution is 1.13. The molecule has 4 rings (SSSR count). The molecular formula is C25H22N2S. The third-order valence-electron chi connectivity index (χ3n) is 4.64. The van der Waals surface area contributed by atoms with E-state index in [1.807, 2.05) is 6.07 Å². The Balaban J connectivity index is 1.59. The maximum atomic E-state index is 4.85. The zero-order valence-electron chi connectivity index (χ0n) is 16.0. The van der Waals surface area contributed by atoms with Gasteiger partial charge < -0.3 is 4.90 Å². The predicted molar refractivity (Wildman–Crippen MR) is 123 cm³/mol. The highest BCUT2D eigenvalue weighted by Crippen LogP contribution is 2.32. The molecule has 0 radical (unpaired) electrons. The van der Waals surface area contributed by atoms with Crippen LogP contribution in [0.4, 0.5) is 5.69 Å². The van der Waals surface area contributed by atoms with Crippen LogP contribution in [-0.4, -0.2) is 19.1 Å². The Bertz CT molecular complexity index is 1080. The molecule has 28 heavy (non-hydrogen) atoms. The summed E-state index contributed by atoms with van der Waals surface area (Å²) in [6.07, 6.45) is 4.20. The van der Waals surface area contributed by atoms with Crippen molar-refractivity contribution >= 4 is 29.2 Å². The quantitative estimate of drug-likeness (QED) is 0.381. The van der Waals surface area contributed by atoms with Crippen LogP contribution in [0.3, 0.4) is 0 Å². The first-order chi connectivity index (χ1) is 13.7. The van der Waals surface area contributed by atoms with Gasteiger partial charge in [-0.1, -0.05) is 72.8 Å². The van der Waals surface area contributed by atoms with Gasteiger partial charge in [-0.25, -0.2) is 4.98 Å². The maximum absolute atomic E-state index is 4.85. The van der Waals surface area contributed by atoms with Gasteiger partial charge in [0.2, 0.25) is 0 Å². The summed E-state index contributed by atoms with van der Waals surface area (Å²) in [5.41, 5.74) is 6.98. The first-order valence-electron chi connectivity index (χ1n) is 9.26. The van der Waals surface area contributed by atoms with Crippen molar-refractivity contribution in [2.45, 2.75) is 0 Å². The molecule has 0 unspecified atom stereocenters. The van der Waals surface area contributed by atoms with Gasteiger partial charge in [0.25, 0.3) is 0 Å². The molecule has 0 fully saturated rings. The fraction of sp³-hybridized carbons (Fsp3) is 0.0800. The summed E-state index contributed by atoms with van der Waals surface area (Å²) in [5.74, 6) is 0. The van der Waals surface area contributed by atoms with Gasteiger partial charge in [0, 0.05) is 30.7 Å². The second kappa shape index (κ2) is 8.24. The average molecular weight is 383 g/mol. The zero-order valence-corrected chi connectivity index (χ0v) is 16.9. The number of anilines is 1. The molecule has 3 aromatic carbocycles. The Morgan fingerprint density at radius 3 is 2.14 bits per heavy atom. The fourth-order valence-corrected chi connectivity index (χ4v) is 3.82. The topological polar surface area (TPSA) is 16.1 Å². The molecule has 0 atom stereocenters. The summed E-state index contributed by atoms with van der Waals surface area (Å²) in [5, 5.41) is 3.14. The first kappa shape index (κ1) is 18.2. The molecule has 138 valence electrons. The van der Waals surface area contributed by atoms with E-state index >= 15 is 0 Å². The predicted octanol–water partition coefficient (Wildman–Crippen LogP) is 6.71. The van der Waals surface area contributed by atoms with Gasteiger partial charge in [0.05, 0.1) is 5.69 Å². The number of rotatable bonds is 5. The Labute approximate surface area is 170 Å². The molecule has 0 spiro atoms. The van der Waals surface area contributed by atoms with Gasteiger partial charge in [-0.05, 0) is 34.9 Å².